The minimum Gasteiger partial charge on any atom is -0.370 e. The van der Waals surface area contributed by atoms with Crippen LogP contribution < -0.4 is 22.5 Å². The molecule has 3 amide bonds. The van der Waals surface area contributed by atoms with E-state index in [-0.39, 0.29) is 17.7 Å². The number of hydrogen-bond donors (Lipinski definition) is 4. The predicted molar refractivity (Wildman–Crippen MR) is 65.3 cm³/mol. The number of carbonyl (C=O) groups excluding carboxylic acids is 3. The molecule has 1 rings (SSSR count). The number of rotatable bonds is 5. The number of nitrogens with one attached hydrogen (secondary N) is 1. The van der Waals surface area contributed by atoms with E-state index in [2.05, 4.69) is 5.32 Å². The first-order chi connectivity index (χ1) is 8.81. The van der Waals surface area contributed by atoms with Gasteiger partial charge in [0, 0.05) is 5.69 Å². The summed E-state index contributed by atoms with van der Waals surface area (Å²) in [5.41, 5.74) is 15.1. The lowest BCUT2D eigenvalue weighted by Crippen LogP contribution is -2.39. The Kier molecular flexibility index (Phi) is 4.54. The molecule has 0 radical (unpaired) electrons. The topological polar surface area (TPSA) is 141 Å². The van der Waals surface area contributed by atoms with Crippen molar-refractivity contribution in [1.29, 1.82) is 0 Å². The number of hydrogen-bond acceptors (Lipinski definition) is 4. The second kappa shape index (κ2) is 5.91. The number of benzene rings is 1. The van der Waals surface area contributed by atoms with Crippen LogP contribution in [-0.2, 0) is 9.59 Å². The van der Waals surface area contributed by atoms with E-state index in [4.69, 9.17) is 17.2 Å². The molecular formula is C11H13FN4O3. The van der Waals surface area contributed by atoms with Gasteiger partial charge in [-0.1, -0.05) is 0 Å². The molecule has 0 aliphatic heterocycles. The van der Waals surface area contributed by atoms with Gasteiger partial charge in [0.2, 0.25) is 11.8 Å². The van der Waals surface area contributed by atoms with E-state index in [1.807, 2.05) is 0 Å². The molecule has 1 unspecified atom stereocenters. The zero-order valence-electron chi connectivity index (χ0n) is 9.85. The molecule has 0 aliphatic rings. The Bertz CT molecular complexity index is 533. The number of anilines is 1. The number of nitrogens with two attached hydrogens (primary N) is 3. The van der Waals surface area contributed by atoms with Crippen molar-refractivity contribution in [3.63, 3.8) is 0 Å². The van der Waals surface area contributed by atoms with Crippen molar-refractivity contribution in [2.24, 2.45) is 17.2 Å². The molecular weight excluding hydrogens is 255 g/mol. The van der Waals surface area contributed by atoms with Crippen LogP contribution in [0.2, 0.25) is 0 Å². The van der Waals surface area contributed by atoms with Gasteiger partial charge in [-0.2, -0.15) is 0 Å². The van der Waals surface area contributed by atoms with Crippen LogP contribution in [0.3, 0.4) is 0 Å². The van der Waals surface area contributed by atoms with Gasteiger partial charge in [-0.05, 0) is 18.2 Å². The Balaban J connectivity index is 2.83. The Labute approximate surface area is 107 Å². The summed E-state index contributed by atoms with van der Waals surface area (Å²) >= 11 is 0. The predicted octanol–water partition coefficient (Wildman–Crippen LogP) is -0.934. The van der Waals surface area contributed by atoms with Crippen LogP contribution in [0.4, 0.5) is 10.1 Å². The monoisotopic (exact) mass is 268 g/mol. The molecule has 7 N–H and O–H groups in total. The summed E-state index contributed by atoms with van der Waals surface area (Å²) in [6.07, 6.45) is -0.324. The molecule has 0 aliphatic carbocycles. The van der Waals surface area contributed by atoms with Crippen molar-refractivity contribution >= 4 is 23.4 Å². The van der Waals surface area contributed by atoms with E-state index in [0.29, 0.717) is 0 Å². The molecule has 19 heavy (non-hydrogen) atoms. The van der Waals surface area contributed by atoms with Crippen molar-refractivity contribution in [2.75, 3.05) is 5.32 Å². The van der Waals surface area contributed by atoms with E-state index in [1.165, 1.54) is 6.07 Å². The van der Waals surface area contributed by atoms with Gasteiger partial charge in [0.05, 0.1) is 18.0 Å². The van der Waals surface area contributed by atoms with E-state index in [0.717, 1.165) is 12.1 Å². The number of primary amides is 2. The van der Waals surface area contributed by atoms with Crippen LogP contribution >= 0.6 is 0 Å². The molecule has 0 fully saturated rings. The Morgan fingerprint density at radius 3 is 2.42 bits per heavy atom. The first-order valence-corrected chi connectivity index (χ1v) is 5.25. The summed E-state index contributed by atoms with van der Waals surface area (Å²) in [6.45, 7) is 0. The lowest BCUT2D eigenvalue weighted by molar-refractivity contribution is -0.123. The Morgan fingerprint density at radius 1 is 1.26 bits per heavy atom. The van der Waals surface area contributed by atoms with Gasteiger partial charge in [0.25, 0.3) is 5.91 Å². The van der Waals surface area contributed by atoms with Crippen LogP contribution in [0, 0.1) is 5.82 Å². The van der Waals surface area contributed by atoms with Gasteiger partial charge in [0.1, 0.15) is 5.82 Å². The molecule has 0 spiro atoms. The summed E-state index contributed by atoms with van der Waals surface area (Å²) < 4.78 is 13.2. The van der Waals surface area contributed by atoms with Crippen molar-refractivity contribution in [3.05, 3.63) is 29.6 Å². The molecule has 0 bridgehead atoms. The summed E-state index contributed by atoms with van der Waals surface area (Å²) in [5.74, 6) is -3.16. The van der Waals surface area contributed by atoms with Crippen molar-refractivity contribution in [2.45, 2.75) is 12.5 Å². The fraction of sp³-hybridized carbons (Fsp3) is 0.182. The van der Waals surface area contributed by atoms with E-state index < -0.39 is 29.6 Å². The Hall–Kier alpha value is -2.48. The standard InChI is InChI=1S/C11H13FN4O3/c12-7-2-1-5(3-6(7)10(15)18)16-11(19)8(13)4-9(14)17/h1-3,8H,4,13H2,(H2,14,17)(H2,15,18)(H,16,19). The van der Waals surface area contributed by atoms with Crippen molar-refractivity contribution in [1.82, 2.24) is 0 Å². The highest BCUT2D eigenvalue weighted by atomic mass is 19.1. The first-order valence-electron chi connectivity index (χ1n) is 5.25. The van der Waals surface area contributed by atoms with Gasteiger partial charge in [-0.3, -0.25) is 14.4 Å². The molecule has 7 nitrogen and oxygen atoms in total. The third-order valence-corrected chi connectivity index (χ3v) is 2.26. The molecule has 102 valence electrons. The third kappa shape index (κ3) is 4.03. The maximum Gasteiger partial charge on any atom is 0.251 e. The summed E-state index contributed by atoms with van der Waals surface area (Å²) in [6, 6.07) is 2.16. The van der Waals surface area contributed by atoms with Crippen LogP contribution in [0.25, 0.3) is 0 Å². The normalized spacial score (nSPS) is 11.7. The molecule has 0 heterocycles. The average Bonchev–Trinajstić information content (AvgIpc) is 2.30. The summed E-state index contributed by atoms with van der Waals surface area (Å²) in [4.78, 5) is 33.1. The van der Waals surface area contributed by atoms with Crippen LogP contribution in [-0.4, -0.2) is 23.8 Å². The minimum atomic E-state index is -1.13. The van der Waals surface area contributed by atoms with E-state index >= 15 is 0 Å². The fourth-order valence-corrected chi connectivity index (χ4v) is 1.34. The van der Waals surface area contributed by atoms with Crippen molar-refractivity contribution < 1.29 is 18.8 Å². The van der Waals surface area contributed by atoms with Gasteiger partial charge in [-0.15, -0.1) is 0 Å². The highest BCUT2D eigenvalue weighted by Gasteiger charge is 2.17. The summed E-state index contributed by atoms with van der Waals surface area (Å²) in [5, 5.41) is 2.32. The van der Waals surface area contributed by atoms with Gasteiger partial charge < -0.3 is 22.5 Å². The van der Waals surface area contributed by atoms with Crippen LogP contribution in [0.15, 0.2) is 18.2 Å². The van der Waals surface area contributed by atoms with Gasteiger partial charge >= 0.3 is 0 Å². The van der Waals surface area contributed by atoms with Crippen LogP contribution in [0.5, 0.6) is 0 Å². The van der Waals surface area contributed by atoms with E-state index in [1.54, 1.807) is 0 Å². The largest absolute Gasteiger partial charge is 0.370 e. The molecule has 1 aromatic rings. The number of amides is 3. The highest BCUT2D eigenvalue weighted by Crippen LogP contribution is 2.14. The second-order valence-corrected chi connectivity index (χ2v) is 3.83. The minimum absolute atomic E-state index is 0.139. The summed E-state index contributed by atoms with van der Waals surface area (Å²) in [7, 11) is 0. The molecule has 1 aromatic carbocycles. The fourth-order valence-electron chi connectivity index (χ4n) is 1.34. The van der Waals surface area contributed by atoms with E-state index in [9.17, 15) is 18.8 Å². The lowest BCUT2D eigenvalue weighted by Gasteiger charge is -2.11. The molecule has 0 saturated carbocycles. The SMILES string of the molecule is NC(=O)CC(N)C(=O)Nc1ccc(F)c(C(N)=O)c1. The molecule has 1 atom stereocenters. The Morgan fingerprint density at radius 2 is 1.89 bits per heavy atom. The first kappa shape index (κ1) is 14.6. The van der Waals surface area contributed by atoms with Crippen molar-refractivity contribution in [3.8, 4) is 0 Å². The maximum absolute atomic E-state index is 13.2. The van der Waals surface area contributed by atoms with Crippen LogP contribution in [0.1, 0.15) is 16.8 Å². The quantitative estimate of drug-likeness (QED) is 0.547. The highest BCUT2D eigenvalue weighted by molar-refractivity contribution is 5.99. The lowest BCUT2D eigenvalue weighted by atomic mass is 10.1. The number of carbonyl (C=O) groups is 3. The van der Waals surface area contributed by atoms with Gasteiger partial charge in [0.15, 0.2) is 0 Å². The third-order valence-electron chi connectivity index (χ3n) is 2.26. The maximum atomic E-state index is 13.2. The molecule has 0 aromatic heterocycles. The second-order valence-electron chi connectivity index (χ2n) is 3.83. The molecule has 0 saturated heterocycles. The number of halogens is 1. The van der Waals surface area contributed by atoms with Gasteiger partial charge in [-0.25, -0.2) is 4.39 Å². The average molecular weight is 268 g/mol. The smallest absolute Gasteiger partial charge is 0.251 e. The molecule has 8 heteroatoms. The zero-order valence-corrected chi connectivity index (χ0v) is 9.85. The zero-order chi connectivity index (χ0) is 14.6.